The normalized spacial score (nSPS) is 17.1. The van der Waals surface area contributed by atoms with Crippen molar-refractivity contribution in [3.63, 3.8) is 0 Å². The zero-order valence-electron chi connectivity index (χ0n) is 21.7. The maximum absolute atomic E-state index is 13.3. The van der Waals surface area contributed by atoms with Crippen molar-refractivity contribution in [1.29, 1.82) is 0 Å². The predicted molar refractivity (Wildman–Crippen MR) is 150 cm³/mol. The van der Waals surface area contributed by atoms with Crippen LogP contribution >= 0.6 is 12.2 Å². The number of hydrazone groups is 1. The minimum atomic E-state index is -3.69. The Bertz CT molecular complexity index is 1280. The third-order valence-corrected chi connectivity index (χ3v) is 8.39. The summed E-state index contributed by atoms with van der Waals surface area (Å²) >= 11 is 5.53. The Morgan fingerprint density at radius 3 is 2.32 bits per heavy atom. The lowest BCUT2D eigenvalue weighted by atomic mass is 10.1. The number of methoxy groups -OCH3 is 2. The van der Waals surface area contributed by atoms with Crippen LogP contribution in [0.15, 0.2) is 46.4 Å². The highest BCUT2D eigenvalue weighted by atomic mass is 32.2. The fourth-order valence-corrected chi connectivity index (χ4v) is 5.82. The molecule has 2 fully saturated rings. The first-order chi connectivity index (χ1) is 18.3. The van der Waals surface area contributed by atoms with E-state index in [9.17, 15) is 8.42 Å². The van der Waals surface area contributed by atoms with Gasteiger partial charge in [-0.25, -0.2) is 8.42 Å². The third-order valence-electron chi connectivity index (χ3n) is 6.30. The number of nitrogens with zero attached hydrogens (tertiary/aromatic N) is 3. The van der Waals surface area contributed by atoms with Gasteiger partial charge in [-0.1, -0.05) is 0 Å². The van der Waals surface area contributed by atoms with Crippen LogP contribution in [0.1, 0.15) is 12.5 Å². The van der Waals surface area contributed by atoms with E-state index in [4.69, 9.17) is 31.2 Å². The predicted octanol–water partition coefficient (Wildman–Crippen LogP) is 2.27. The molecule has 2 N–H and O–H groups in total. The third kappa shape index (κ3) is 6.53. The molecule has 0 atom stereocenters. The second-order valence-electron chi connectivity index (χ2n) is 8.62. The molecule has 2 heterocycles. The Morgan fingerprint density at radius 2 is 1.66 bits per heavy atom. The van der Waals surface area contributed by atoms with Gasteiger partial charge in [0.05, 0.1) is 62.6 Å². The van der Waals surface area contributed by atoms with Crippen LogP contribution in [0.25, 0.3) is 0 Å². The molecule has 0 unspecified atom stereocenters. The summed E-state index contributed by atoms with van der Waals surface area (Å²) in [5.74, 6) is 1.29. The average Bonchev–Trinajstić information content (AvgIpc) is 2.96. The fourth-order valence-electron chi connectivity index (χ4n) is 4.23. The van der Waals surface area contributed by atoms with Crippen molar-refractivity contribution in [2.75, 3.05) is 77.0 Å². The van der Waals surface area contributed by atoms with Gasteiger partial charge < -0.3 is 29.2 Å². The summed E-state index contributed by atoms with van der Waals surface area (Å²) in [6.07, 6.45) is 0. The van der Waals surface area contributed by atoms with E-state index in [1.807, 2.05) is 19.1 Å². The second kappa shape index (κ2) is 12.7. The number of ether oxygens (including phenoxy) is 4. The zero-order valence-corrected chi connectivity index (χ0v) is 23.4. The highest BCUT2D eigenvalue weighted by Gasteiger charge is 2.28. The molecule has 206 valence electrons. The van der Waals surface area contributed by atoms with Crippen LogP contribution in [0.5, 0.6) is 11.5 Å². The van der Waals surface area contributed by atoms with Crippen LogP contribution in [0.3, 0.4) is 0 Å². The molecular weight excluding hydrogens is 530 g/mol. The molecule has 13 heteroatoms. The summed E-state index contributed by atoms with van der Waals surface area (Å²) in [5.41, 5.74) is 5.67. The van der Waals surface area contributed by atoms with Crippen LogP contribution < -0.4 is 25.1 Å². The van der Waals surface area contributed by atoms with Crippen molar-refractivity contribution in [2.45, 2.75) is 11.8 Å². The first-order valence-electron chi connectivity index (χ1n) is 12.2. The van der Waals surface area contributed by atoms with Crippen LogP contribution in [-0.4, -0.2) is 90.4 Å². The molecule has 2 aromatic carbocycles. The van der Waals surface area contributed by atoms with Gasteiger partial charge in [0.15, 0.2) is 5.11 Å². The molecule has 0 spiro atoms. The monoisotopic (exact) mass is 563 g/mol. The molecule has 0 bridgehead atoms. The van der Waals surface area contributed by atoms with Crippen molar-refractivity contribution in [3.05, 3.63) is 42.0 Å². The second-order valence-corrected chi connectivity index (χ2v) is 11.0. The molecule has 0 aliphatic carbocycles. The van der Waals surface area contributed by atoms with Gasteiger partial charge in [-0.15, -0.1) is 0 Å². The number of nitrogens with one attached hydrogen (secondary N) is 2. The van der Waals surface area contributed by atoms with Crippen molar-refractivity contribution in [3.8, 4) is 11.5 Å². The average molecular weight is 564 g/mol. The van der Waals surface area contributed by atoms with E-state index in [-0.39, 0.29) is 10.0 Å². The number of anilines is 2. The molecule has 11 nitrogen and oxygen atoms in total. The molecular formula is C25H33N5O6S2. The largest absolute Gasteiger partial charge is 0.497 e. The van der Waals surface area contributed by atoms with Gasteiger partial charge in [-0.2, -0.15) is 9.41 Å². The molecule has 2 aromatic rings. The van der Waals surface area contributed by atoms with E-state index in [1.165, 1.54) is 4.31 Å². The number of morpholine rings is 2. The quantitative estimate of drug-likeness (QED) is 0.282. The van der Waals surface area contributed by atoms with Gasteiger partial charge in [0.1, 0.15) is 11.5 Å². The van der Waals surface area contributed by atoms with Gasteiger partial charge in [-0.05, 0) is 49.5 Å². The van der Waals surface area contributed by atoms with Crippen LogP contribution in [0.2, 0.25) is 0 Å². The van der Waals surface area contributed by atoms with E-state index in [2.05, 4.69) is 20.7 Å². The van der Waals surface area contributed by atoms with Crippen molar-refractivity contribution in [1.82, 2.24) is 9.73 Å². The van der Waals surface area contributed by atoms with Crippen molar-refractivity contribution < 1.29 is 27.4 Å². The molecule has 0 saturated carbocycles. The van der Waals surface area contributed by atoms with Crippen molar-refractivity contribution in [2.24, 2.45) is 5.10 Å². The summed E-state index contributed by atoms with van der Waals surface area (Å²) in [6.45, 7) is 5.75. The molecule has 2 aliphatic rings. The van der Waals surface area contributed by atoms with Crippen LogP contribution in [0.4, 0.5) is 11.4 Å². The Kier molecular flexibility index (Phi) is 9.39. The highest BCUT2D eigenvalue weighted by molar-refractivity contribution is 7.89. The first kappa shape index (κ1) is 28.0. The zero-order chi connectivity index (χ0) is 27.1. The number of rotatable bonds is 8. The van der Waals surface area contributed by atoms with Gasteiger partial charge >= 0.3 is 0 Å². The number of hydrogen-bond acceptors (Lipinski definition) is 9. The minimum Gasteiger partial charge on any atom is -0.497 e. The summed E-state index contributed by atoms with van der Waals surface area (Å²) in [7, 11) is -0.518. The summed E-state index contributed by atoms with van der Waals surface area (Å²) < 4.78 is 49.6. The number of hydrogen-bond donors (Lipinski definition) is 2. The highest BCUT2D eigenvalue weighted by Crippen LogP contribution is 2.31. The Morgan fingerprint density at radius 1 is 0.974 bits per heavy atom. The van der Waals surface area contributed by atoms with Gasteiger partial charge in [0, 0.05) is 37.8 Å². The van der Waals surface area contributed by atoms with Gasteiger partial charge in [-0.3, -0.25) is 5.43 Å². The van der Waals surface area contributed by atoms with Gasteiger partial charge in [0.2, 0.25) is 10.0 Å². The summed E-state index contributed by atoms with van der Waals surface area (Å²) in [5, 5.41) is 7.77. The topological polar surface area (TPSA) is 114 Å². The van der Waals surface area contributed by atoms with Crippen LogP contribution in [-0.2, 0) is 19.5 Å². The maximum Gasteiger partial charge on any atom is 0.243 e. The minimum absolute atomic E-state index is 0.185. The van der Waals surface area contributed by atoms with E-state index in [0.29, 0.717) is 75.5 Å². The lowest BCUT2D eigenvalue weighted by Crippen LogP contribution is -2.40. The molecule has 2 saturated heterocycles. The molecule has 0 amide bonds. The van der Waals surface area contributed by atoms with E-state index < -0.39 is 10.0 Å². The SMILES string of the molecule is COc1ccc(/C(C)=N\NC(=S)Nc2cc(S(=O)(=O)N3CCOCC3)ccc2N2CCOCC2)c(OC)c1. The molecule has 4 rings (SSSR count). The lowest BCUT2D eigenvalue weighted by Gasteiger charge is -2.31. The summed E-state index contributed by atoms with van der Waals surface area (Å²) in [6, 6.07) is 10.5. The fraction of sp³-hybridized carbons (Fsp3) is 0.440. The van der Waals surface area contributed by atoms with Gasteiger partial charge in [0.25, 0.3) is 0 Å². The standard InChI is InChI=1S/C25H33N5O6S2/c1-18(21-6-4-19(33-2)16-24(21)34-3)27-28-25(37)26-22-17-20(38(31,32)30-10-14-36-15-11-30)5-7-23(22)29-8-12-35-13-9-29/h4-7,16-17H,8-15H2,1-3H3,(H2,26,28,37)/b27-18-. The number of thiocarbonyl (C=S) groups is 1. The van der Waals surface area contributed by atoms with E-state index in [1.54, 1.807) is 38.5 Å². The Labute approximate surface area is 228 Å². The first-order valence-corrected chi connectivity index (χ1v) is 14.1. The van der Waals surface area contributed by atoms with Crippen LogP contribution in [0, 0.1) is 0 Å². The molecule has 38 heavy (non-hydrogen) atoms. The summed E-state index contributed by atoms with van der Waals surface area (Å²) in [4.78, 5) is 2.32. The maximum atomic E-state index is 13.3. The number of sulfonamides is 1. The van der Waals surface area contributed by atoms with E-state index >= 15 is 0 Å². The molecule has 0 radical (unpaired) electrons. The Balaban J connectivity index is 1.57. The number of benzene rings is 2. The molecule has 0 aromatic heterocycles. The Hall–Kier alpha value is -2.97. The molecule has 2 aliphatic heterocycles. The van der Waals surface area contributed by atoms with E-state index in [0.717, 1.165) is 11.3 Å². The smallest absolute Gasteiger partial charge is 0.243 e. The van der Waals surface area contributed by atoms with Crippen molar-refractivity contribution >= 4 is 44.4 Å². The lowest BCUT2D eigenvalue weighted by molar-refractivity contribution is 0.0730.